The molecule has 1 aliphatic rings. The average Bonchev–Trinajstić information content (AvgIpc) is 3.26. The van der Waals surface area contributed by atoms with E-state index < -0.39 is 40.8 Å². The lowest BCUT2D eigenvalue weighted by molar-refractivity contribution is -0.147. The number of fused-ring (bicyclic) bond motifs is 1. The number of carboxylic acid groups (broad SMARTS) is 1. The molecule has 39 heavy (non-hydrogen) atoms. The molecule has 0 aromatic heterocycles. The Balaban J connectivity index is 1.59. The van der Waals surface area contributed by atoms with E-state index in [0.29, 0.717) is 17.7 Å². The summed E-state index contributed by atoms with van der Waals surface area (Å²) in [5.41, 5.74) is 5.33. The Kier molecular flexibility index (Phi) is 8.88. The Morgan fingerprint density at radius 3 is 2.28 bits per heavy atom. The average molecular weight is 548 g/mol. The van der Waals surface area contributed by atoms with Crippen molar-refractivity contribution in [3.8, 4) is 0 Å². The second kappa shape index (κ2) is 12.5. The minimum atomic E-state index is -1.99. The van der Waals surface area contributed by atoms with Crippen LogP contribution in [-0.2, 0) is 25.5 Å². The lowest BCUT2D eigenvalue weighted by atomic mass is 9.97. The molecule has 0 spiro atoms. The number of benzene rings is 3. The highest BCUT2D eigenvalue weighted by molar-refractivity contribution is 7.99. The number of carboxylic acids is 1. The normalized spacial score (nSPS) is 16.3. The molecule has 0 bridgehead atoms. The lowest BCUT2D eigenvalue weighted by Crippen LogP contribution is -2.61. The number of esters is 1. The van der Waals surface area contributed by atoms with Gasteiger partial charge in [-0.1, -0.05) is 66.7 Å². The van der Waals surface area contributed by atoms with Gasteiger partial charge in [0.25, 0.3) is 0 Å². The van der Waals surface area contributed by atoms with Crippen LogP contribution in [0.2, 0.25) is 0 Å². The maximum Gasteiger partial charge on any atom is 0.350 e. The first-order valence-electron chi connectivity index (χ1n) is 12.4. The second-order valence-corrected chi connectivity index (χ2v) is 10.3. The summed E-state index contributed by atoms with van der Waals surface area (Å²) in [5, 5.41) is 15.8. The SMILES string of the molecule is NC(=O)CC[C@@](NC(=O)C(CSC1OC(=O)c2ccccc21)Cc1ccccc1)(Nc1ccccc1)C(=O)O. The maximum absolute atomic E-state index is 13.8. The van der Waals surface area contributed by atoms with Gasteiger partial charge in [0, 0.05) is 29.8 Å². The third-order valence-corrected chi connectivity index (χ3v) is 7.62. The molecule has 0 radical (unpaired) electrons. The molecule has 0 saturated carbocycles. The van der Waals surface area contributed by atoms with Gasteiger partial charge >= 0.3 is 11.9 Å². The molecule has 3 aromatic rings. The molecular weight excluding hydrogens is 518 g/mol. The first-order valence-corrected chi connectivity index (χ1v) is 13.4. The van der Waals surface area contributed by atoms with E-state index in [1.54, 1.807) is 42.5 Å². The fourth-order valence-electron chi connectivity index (χ4n) is 4.33. The zero-order chi connectivity index (χ0) is 27.8. The standard InChI is InChI=1S/C29H29N3O6S/c30-24(33)15-16-29(28(36)37,31-21-11-5-2-6-12-21)32-25(34)20(17-19-9-3-1-4-10-19)18-39-27-23-14-8-7-13-22(23)26(35)38-27/h1-14,20,27,31H,15-18H2,(H2,30,33)(H,32,34)(H,36,37)/t20?,27?,29-/m0/s1. The number of carbonyl (C=O) groups is 4. The zero-order valence-corrected chi connectivity index (χ0v) is 21.9. The van der Waals surface area contributed by atoms with Crippen molar-refractivity contribution in [1.82, 2.24) is 5.32 Å². The van der Waals surface area contributed by atoms with E-state index in [9.17, 15) is 24.3 Å². The van der Waals surface area contributed by atoms with Gasteiger partial charge in [-0.2, -0.15) is 0 Å². The molecule has 10 heteroatoms. The fraction of sp³-hybridized carbons (Fsp3) is 0.241. The summed E-state index contributed by atoms with van der Waals surface area (Å²) in [6, 6.07) is 25.0. The number of hydrogen-bond acceptors (Lipinski definition) is 7. The van der Waals surface area contributed by atoms with Crippen LogP contribution in [-0.4, -0.2) is 40.3 Å². The molecule has 0 saturated heterocycles. The number of para-hydroxylation sites is 1. The van der Waals surface area contributed by atoms with Gasteiger partial charge in [-0.25, -0.2) is 9.59 Å². The third kappa shape index (κ3) is 6.97. The highest BCUT2D eigenvalue weighted by Gasteiger charge is 2.42. The van der Waals surface area contributed by atoms with Gasteiger partial charge in [-0.15, -0.1) is 11.8 Å². The number of nitrogens with two attached hydrogens (primary N) is 1. The molecule has 1 heterocycles. The van der Waals surface area contributed by atoms with E-state index in [1.165, 1.54) is 11.8 Å². The summed E-state index contributed by atoms with van der Waals surface area (Å²) in [6.07, 6.45) is -0.213. The van der Waals surface area contributed by atoms with Crippen molar-refractivity contribution >= 4 is 41.2 Å². The van der Waals surface area contributed by atoms with Crippen LogP contribution >= 0.6 is 11.8 Å². The van der Waals surface area contributed by atoms with Crippen LogP contribution in [0.4, 0.5) is 5.69 Å². The van der Waals surface area contributed by atoms with Crippen molar-refractivity contribution in [2.45, 2.75) is 30.4 Å². The van der Waals surface area contributed by atoms with Crippen LogP contribution in [0, 0.1) is 5.92 Å². The zero-order valence-electron chi connectivity index (χ0n) is 21.0. The first-order chi connectivity index (χ1) is 18.8. The van der Waals surface area contributed by atoms with Crippen molar-refractivity contribution in [3.05, 3.63) is 102 Å². The summed E-state index contributed by atoms with van der Waals surface area (Å²) in [7, 11) is 0. The van der Waals surface area contributed by atoms with Crippen molar-refractivity contribution in [2.75, 3.05) is 11.1 Å². The predicted molar refractivity (Wildman–Crippen MR) is 148 cm³/mol. The Labute approximate surface area is 230 Å². The van der Waals surface area contributed by atoms with Crippen LogP contribution in [0.5, 0.6) is 0 Å². The minimum absolute atomic E-state index is 0.240. The summed E-state index contributed by atoms with van der Waals surface area (Å²) in [5.74, 6) is -3.44. The molecule has 3 atom stereocenters. The van der Waals surface area contributed by atoms with Crippen LogP contribution in [0.3, 0.4) is 0 Å². The number of amides is 2. The van der Waals surface area contributed by atoms with Gasteiger partial charge < -0.3 is 26.2 Å². The van der Waals surface area contributed by atoms with E-state index in [1.807, 2.05) is 42.5 Å². The summed E-state index contributed by atoms with van der Waals surface area (Å²) >= 11 is 1.30. The number of thioether (sulfide) groups is 1. The fourth-order valence-corrected chi connectivity index (χ4v) is 5.54. The predicted octanol–water partition coefficient (Wildman–Crippen LogP) is 3.72. The van der Waals surface area contributed by atoms with Crippen LogP contribution in [0.1, 0.15) is 39.8 Å². The topological polar surface area (TPSA) is 148 Å². The molecule has 0 aliphatic carbocycles. The summed E-state index contributed by atoms with van der Waals surface area (Å²) in [6.45, 7) is 0. The number of rotatable bonds is 13. The quantitative estimate of drug-likeness (QED) is 0.187. The highest BCUT2D eigenvalue weighted by atomic mass is 32.2. The number of anilines is 1. The number of ether oxygens (including phenoxy) is 1. The molecule has 4 rings (SSSR count). The highest BCUT2D eigenvalue weighted by Crippen LogP contribution is 2.40. The van der Waals surface area contributed by atoms with Gasteiger partial charge in [0.2, 0.25) is 17.5 Å². The van der Waals surface area contributed by atoms with Crippen molar-refractivity contribution in [1.29, 1.82) is 0 Å². The number of hydrogen-bond donors (Lipinski definition) is 4. The van der Waals surface area contributed by atoms with E-state index in [-0.39, 0.29) is 18.6 Å². The van der Waals surface area contributed by atoms with Gasteiger partial charge in [0.1, 0.15) is 0 Å². The number of carbonyl (C=O) groups excluding carboxylic acids is 3. The molecule has 2 unspecified atom stereocenters. The lowest BCUT2D eigenvalue weighted by Gasteiger charge is -2.34. The van der Waals surface area contributed by atoms with Crippen molar-refractivity contribution < 1.29 is 29.0 Å². The maximum atomic E-state index is 13.8. The number of nitrogens with one attached hydrogen (secondary N) is 2. The van der Waals surface area contributed by atoms with Crippen LogP contribution < -0.4 is 16.4 Å². The Bertz CT molecular complexity index is 1340. The smallest absolute Gasteiger partial charge is 0.350 e. The minimum Gasteiger partial charge on any atom is -0.478 e. The number of cyclic esters (lactones) is 1. The largest absolute Gasteiger partial charge is 0.478 e. The second-order valence-electron chi connectivity index (χ2n) is 9.20. The van der Waals surface area contributed by atoms with Crippen molar-refractivity contribution in [3.63, 3.8) is 0 Å². The van der Waals surface area contributed by atoms with Gasteiger partial charge in [0.15, 0.2) is 5.44 Å². The molecule has 0 fully saturated rings. The molecule has 9 nitrogen and oxygen atoms in total. The van der Waals surface area contributed by atoms with Gasteiger partial charge in [-0.05, 0) is 30.2 Å². The third-order valence-electron chi connectivity index (χ3n) is 6.37. The summed E-state index contributed by atoms with van der Waals surface area (Å²) in [4.78, 5) is 50.3. The van der Waals surface area contributed by atoms with E-state index >= 15 is 0 Å². The molecular formula is C29H29N3O6S. The first kappa shape index (κ1) is 27.7. The van der Waals surface area contributed by atoms with Gasteiger partial charge in [-0.3, -0.25) is 9.59 Å². The van der Waals surface area contributed by atoms with Gasteiger partial charge in [0.05, 0.1) is 11.5 Å². The molecule has 3 aromatic carbocycles. The molecule has 5 N–H and O–H groups in total. The molecule has 2 amide bonds. The Hall–Kier alpha value is -4.31. The molecule has 1 aliphatic heterocycles. The van der Waals surface area contributed by atoms with Crippen molar-refractivity contribution in [2.24, 2.45) is 11.7 Å². The van der Waals surface area contributed by atoms with E-state index in [2.05, 4.69) is 10.6 Å². The van der Waals surface area contributed by atoms with Crippen LogP contribution in [0.15, 0.2) is 84.9 Å². The van der Waals surface area contributed by atoms with E-state index in [0.717, 1.165) is 11.1 Å². The number of primary amides is 1. The monoisotopic (exact) mass is 547 g/mol. The van der Waals surface area contributed by atoms with E-state index in [4.69, 9.17) is 10.5 Å². The molecule has 202 valence electrons. The Morgan fingerprint density at radius 1 is 0.974 bits per heavy atom. The Morgan fingerprint density at radius 2 is 1.62 bits per heavy atom. The van der Waals surface area contributed by atoms with Crippen LogP contribution in [0.25, 0.3) is 0 Å². The summed E-state index contributed by atoms with van der Waals surface area (Å²) < 4.78 is 5.53. The number of aliphatic carboxylic acids is 1.